The first-order valence-corrected chi connectivity index (χ1v) is 9.61. The van der Waals surface area contributed by atoms with Crippen LogP contribution in [0.15, 0.2) is 63.8 Å². The summed E-state index contributed by atoms with van der Waals surface area (Å²) in [5.41, 5.74) is 1.48. The number of alkyl halides is 3. The molecule has 0 saturated heterocycles. The molecule has 0 fully saturated rings. The van der Waals surface area contributed by atoms with E-state index in [0.717, 1.165) is 34.5 Å². The number of aliphatic imine (C=N–C) groups is 1. The van der Waals surface area contributed by atoms with Crippen molar-refractivity contribution < 1.29 is 13.2 Å². The number of hydrogen-bond donors (Lipinski definition) is 2. The van der Waals surface area contributed by atoms with Crippen molar-refractivity contribution in [1.29, 1.82) is 0 Å². The van der Waals surface area contributed by atoms with E-state index in [1.165, 1.54) is 18.3 Å². The predicted octanol–water partition coefficient (Wildman–Crippen LogP) is 4.62. The molecule has 1 aliphatic heterocycles. The summed E-state index contributed by atoms with van der Waals surface area (Å²) in [6.07, 6.45) is 0.208. The number of aromatic nitrogens is 5. The molecule has 0 saturated carbocycles. The summed E-state index contributed by atoms with van der Waals surface area (Å²) >= 11 is 0.859. The quantitative estimate of drug-likeness (QED) is 0.496. The summed E-state index contributed by atoms with van der Waals surface area (Å²) < 4.78 is 39.5. The molecule has 1 aliphatic rings. The molecule has 3 aromatic heterocycles. The third-order valence-corrected chi connectivity index (χ3v) is 5.32. The molecule has 0 spiro atoms. The SMILES string of the molecule is FC(F)(F)c1ncccc1Sc1cnc2c(n1)N=C(Nc1ccc3[nH]ncc3c1)C2. The number of anilines is 1. The van der Waals surface area contributed by atoms with Crippen LogP contribution in [0.25, 0.3) is 10.9 Å². The van der Waals surface area contributed by atoms with Crippen molar-refractivity contribution in [2.45, 2.75) is 22.5 Å². The van der Waals surface area contributed by atoms with Crippen LogP contribution in [0.3, 0.4) is 0 Å². The van der Waals surface area contributed by atoms with Crippen LogP contribution >= 0.6 is 11.8 Å². The van der Waals surface area contributed by atoms with Gasteiger partial charge in [-0.2, -0.15) is 18.3 Å². The Bertz CT molecular complexity index is 1280. The standard InChI is InChI=1S/C19H12F3N7S/c20-19(21,22)17-14(2-1-5-23-17)30-16-9-24-13-7-15(27-18(13)28-16)26-11-3-4-12-10(6-11)8-25-29-12/h1-6,8-9H,7H2,(H,25,29)(H,26,27,28). The number of fused-ring (bicyclic) bond motifs is 2. The van der Waals surface area contributed by atoms with Crippen LogP contribution in [0.1, 0.15) is 11.4 Å². The average molecular weight is 427 g/mol. The number of pyridine rings is 1. The van der Waals surface area contributed by atoms with Crippen LogP contribution < -0.4 is 5.32 Å². The monoisotopic (exact) mass is 427 g/mol. The second-order valence-corrected chi connectivity index (χ2v) is 7.52. The molecule has 4 aromatic rings. The molecule has 7 nitrogen and oxygen atoms in total. The third kappa shape index (κ3) is 3.59. The van der Waals surface area contributed by atoms with E-state index < -0.39 is 11.9 Å². The lowest BCUT2D eigenvalue weighted by Gasteiger charge is -2.10. The number of nitrogens with one attached hydrogen (secondary N) is 2. The zero-order chi connectivity index (χ0) is 20.7. The van der Waals surface area contributed by atoms with Gasteiger partial charge in [0.05, 0.1) is 30.0 Å². The molecule has 0 atom stereocenters. The largest absolute Gasteiger partial charge is 0.434 e. The molecule has 1 aromatic carbocycles. The second-order valence-electron chi connectivity index (χ2n) is 6.46. The van der Waals surface area contributed by atoms with Crippen LogP contribution in [-0.4, -0.2) is 31.0 Å². The van der Waals surface area contributed by atoms with Crippen LogP contribution in [0, 0.1) is 0 Å². The number of aromatic amines is 1. The zero-order valence-electron chi connectivity index (χ0n) is 15.1. The summed E-state index contributed by atoms with van der Waals surface area (Å²) in [7, 11) is 0. The van der Waals surface area contributed by atoms with Gasteiger partial charge >= 0.3 is 6.18 Å². The minimum atomic E-state index is -4.54. The second kappa shape index (κ2) is 7.10. The normalized spacial score (nSPS) is 13.4. The van der Waals surface area contributed by atoms with E-state index in [9.17, 15) is 13.2 Å². The number of halogens is 3. The van der Waals surface area contributed by atoms with Gasteiger partial charge in [0.1, 0.15) is 10.9 Å². The summed E-state index contributed by atoms with van der Waals surface area (Å²) in [6, 6.07) is 8.56. The molecular weight excluding hydrogens is 415 g/mol. The van der Waals surface area contributed by atoms with Gasteiger partial charge in [-0.05, 0) is 30.3 Å². The molecule has 0 bridgehead atoms. The Kier molecular flexibility index (Phi) is 4.39. The molecule has 11 heteroatoms. The van der Waals surface area contributed by atoms with Crippen LogP contribution in [0.4, 0.5) is 24.7 Å². The summed E-state index contributed by atoms with van der Waals surface area (Å²) in [4.78, 5) is 16.6. The highest BCUT2D eigenvalue weighted by atomic mass is 32.2. The fourth-order valence-electron chi connectivity index (χ4n) is 3.04. The van der Waals surface area contributed by atoms with Gasteiger partial charge < -0.3 is 5.32 Å². The molecule has 0 amide bonds. The van der Waals surface area contributed by atoms with Crippen molar-refractivity contribution in [3.05, 3.63) is 60.3 Å². The molecule has 0 unspecified atom stereocenters. The van der Waals surface area contributed by atoms with Gasteiger partial charge in [0, 0.05) is 22.2 Å². The highest BCUT2D eigenvalue weighted by Crippen LogP contribution is 2.38. The van der Waals surface area contributed by atoms with Crippen molar-refractivity contribution in [3.63, 3.8) is 0 Å². The Balaban J connectivity index is 1.37. The van der Waals surface area contributed by atoms with Crippen LogP contribution in [-0.2, 0) is 12.6 Å². The van der Waals surface area contributed by atoms with E-state index in [4.69, 9.17) is 0 Å². The van der Waals surface area contributed by atoms with Gasteiger partial charge in [0.2, 0.25) is 0 Å². The predicted molar refractivity (Wildman–Crippen MR) is 106 cm³/mol. The number of H-pyrrole nitrogens is 1. The molecule has 2 N–H and O–H groups in total. The maximum Gasteiger partial charge on any atom is 0.434 e. The van der Waals surface area contributed by atoms with Gasteiger partial charge in [-0.3, -0.25) is 15.1 Å². The highest BCUT2D eigenvalue weighted by Gasteiger charge is 2.35. The lowest BCUT2D eigenvalue weighted by Crippen LogP contribution is -2.11. The van der Waals surface area contributed by atoms with E-state index in [2.05, 4.69) is 35.5 Å². The molecule has 5 rings (SSSR count). The summed E-state index contributed by atoms with van der Waals surface area (Å²) in [5.74, 6) is 1.05. The molecule has 0 aliphatic carbocycles. The first kappa shape index (κ1) is 18.6. The number of hydrogen-bond acceptors (Lipinski definition) is 7. The maximum absolute atomic E-state index is 13.2. The maximum atomic E-state index is 13.2. The smallest absolute Gasteiger partial charge is 0.343 e. The fourth-order valence-corrected chi connectivity index (χ4v) is 3.91. The van der Waals surface area contributed by atoms with Crippen LogP contribution in [0.5, 0.6) is 0 Å². The van der Waals surface area contributed by atoms with Crippen molar-refractivity contribution in [1.82, 2.24) is 25.1 Å². The Hall–Kier alpha value is -3.47. The minimum Gasteiger partial charge on any atom is -0.343 e. The van der Waals surface area contributed by atoms with Gasteiger partial charge in [-0.15, -0.1) is 0 Å². The number of nitrogens with zero attached hydrogens (tertiary/aromatic N) is 5. The third-order valence-electron chi connectivity index (χ3n) is 4.36. The lowest BCUT2D eigenvalue weighted by molar-refractivity contribution is -0.143. The van der Waals surface area contributed by atoms with Crippen molar-refractivity contribution >= 4 is 40.0 Å². The fraction of sp³-hybridized carbons (Fsp3) is 0.105. The molecule has 4 heterocycles. The Labute approximate surface area is 171 Å². The molecular formula is C19H12F3N7S. The van der Waals surface area contributed by atoms with Gasteiger partial charge in [0.25, 0.3) is 0 Å². The molecule has 0 radical (unpaired) electrons. The lowest BCUT2D eigenvalue weighted by atomic mass is 10.2. The molecule has 30 heavy (non-hydrogen) atoms. The van der Waals surface area contributed by atoms with E-state index in [0.29, 0.717) is 28.8 Å². The highest BCUT2D eigenvalue weighted by molar-refractivity contribution is 7.99. The minimum absolute atomic E-state index is 0.0343. The van der Waals surface area contributed by atoms with Crippen molar-refractivity contribution in [2.24, 2.45) is 4.99 Å². The number of rotatable bonds is 3. The number of benzene rings is 1. The van der Waals surface area contributed by atoms with Crippen molar-refractivity contribution in [2.75, 3.05) is 5.32 Å². The van der Waals surface area contributed by atoms with E-state index in [1.54, 1.807) is 6.20 Å². The van der Waals surface area contributed by atoms with Gasteiger partial charge in [-0.1, -0.05) is 11.8 Å². The Morgan fingerprint density at radius 2 is 2.00 bits per heavy atom. The topological polar surface area (TPSA) is 91.7 Å². The Morgan fingerprint density at radius 1 is 1.10 bits per heavy atom. The zero-order valence-corrected chi connectivity index (χ0v) is 15.9. The molecule has 150 valence electrons. The van der Waals surface area contributed by atoms with E-state index in [1.807, 2.05) is 18.2 Å². The van der Waals surface area contributed by atoms with E-state index in [-0.39, 0.29) is 4.90 Å². The first-order valence-electron chi connectivity index (χ1n) is 8.79. The van der Waals surface area contributed by atoms with Crippen LogP contribution in [0.2, 0.25) is 0 Å². The first-order chi connectivity index (χ1) is 14.5. The van der Waals surface area contributed by atoms with Gasteiger partial charge in [-0.25, -0.2) is 9.98 Å². The summed E-state index contributed by atoms with van der Waals surface area (Å²) in [5, 5.41) is 11.4. The van der Waals surface area contributed by atoms with Crippen molar-refractivity contribution in [3.8, 4) is 0 Å². The average Bonchev–Trinajstić information content (AvgIpc) is 3.33. The van der Waals surface area contributed by atoms with E-state index >= 15 is 0 Å². The number of amidine groups is 1. The van der Waals surface area contributed by atoms with Gasteiger partial charge in [0.15, 0.2) is 11.5 Å². The Morgan fingerprint density at radius 3 is 2.87 bits per heavy atom. The summed E-state index contributed by atoms with van der Waals surface area (Å²) in [6.45, 7) is 0.